The van der Waals surface area contributed by atoms with Crippen LogP contribution in [0.3, 0.4) is 0 Å². The molecule has 3 rings (SSSR count). The highest BCUT2D eigenvalue weighted by Gasteiger charge is 2.48. The van der Waals surface area contributed by atoms with E-state index in [4.69, 9.17) is 0 Å². The molecule has 0 radical (unpaired) electrons. The molecule has 0 aromatic heterocycles. The number of hydrogen-bond donors (Lipinski definition) is 1. The van der Waals surface area contributed by atoms with Gasteiger partial charge in [-0.25, -0.2) is 8.78 Å². The first-order chi connectivity index (χ1) is 12.5. The summed E-state index contributed by atoms with van der Waals surface area (Å²) in [6.45, 7) is 6.85. The Morgan fingerprint density at radius 2 is 1.78 bits per heavy atom. The van der Waals surface area contributed by atoms with E-state index in [1.54, 1.807) is 24.1 Å². The van der Waals surface area contributed by atoms with E-state index >= 15 is 0 Å². The molecule has 1 fully saturated rings. The quantitative estimate of drug-likeness (QED) is 0.860. The largest absolute Gasteiger partial charge is 0.330 e. The van der Waals surface area contributed by atoms with Gasteiger partial charge in [0.2, 0.25) is 5.91 Å². The zero-order chi connectivity index (χ0) is 20.0. The molecule has 1 heterocycles. The van der Waals surface area contributed by atoms with Crippen molar-refractivity contribution in [1.82, 2.24) is 10.2 Å². The second-order valence-corrected chi connectivity index (χ2v) is 7.78. The topological polar surface area (TPSA) is 32.3 Å². The summed E-state index contributed by atoms with van der Waals surface area (Å²) in [7, 11) is 1.76. The van der Waals surface area contributed by atoms with Gasteiger partial charge in [-0.3, -0.25) is 10.1 Å². The molecule has 1 N–H and O–H groups in total. The summed E-state index contributed by atoms with van der Waals surface area (Å²) in [6.07, 6.45) is -0.140. The minimum Gasteiger partial charge on any atom is -0.330 e. The third-order valence-electron chi connectivity index (χ3n) is 5.63. The fourth-order valence-corrected chi connectivity index (χ4v) is 3.92. The highest BCUT2D eigenvalue weighted by molar-refractivity contribution is 5.86. The van der Waals surface area contributed by atoms with Gasteiger partial charge in [-0.05, 0) is 31.9 Å². The Morgan fingerprint density at radius 1 is 1.15 bits per heavy atom. The monoisotopic (exact) mass is 372 g/mol. The molecular formula is C22H26F2N2O. The van der Waals surface area contributed by atoms with Gasteiger partial charge in [0.15, 0.2) is 0 Å². The van der Waals surface area contributed by atoms with E-state index in [-0.39, 0.29) is 17.6 Å². The maximum absolute atomic E-state index is 13.6. The molecule has 144 valence electrons. The number of nitrogens with one attached hydrogen (secondary N) is 1. The summed E-state index contributed by atoms with van der Waals surface area (Å²) >= 11 is 0. The zero-order valence-corrected chi connectivity index (χ0v) is 16.4. The SMILES string of the molecule is Cc1cccc([C@@]2(C)NC(C)N(C)C(=O)[C@@H]2c2ccc(C(C)(F)F)cc2)c1. The van der Waals surface area contributed by atoms with Crippen LogP contribution >= 0.6 is 0 Å². The number of alkyl halides is 2. The second-order valence-electron chi connectivity index (χ2n) is 7.78. The van der Waals surface area contributed by atoms with Crippen molar-refractivity contribution in [2.24, 2.45) is 0 Å². The van der Waals surface area contributed by atoms with E-state index in [2.05, 4.69) is 11.4 Å². The minimum absolute atomic E-state index is 0.0266. The van der Waals surface area contributed by atoms with Crippen molar-refractivity contribution in [3.05, 3.63) is 70.8 Å². The normalized spacial score (nSPS) is 26.3. The van der Waals surface area contributed by atoms with Gasteiger partial charge in [-0.15, -0.1) is 0 Å². The number of likely N-dealkylation sites (N-methyl/N-ethyl adjacent to an activating group) is 1. The number of halogens is 2. The summed E-state index contributed by atoms with van der Waals surface area (Å²) in [5, 5.41) is 3.57. The summed E-state index contributed by atoms with van der Waals surface area (Å²) in [5.74, 6) is -3.44. The number of nitrogens with zero attached hydrogens (tertiary/aromatic N) is 1. The number of amides is 1. The van der Waals surface area contributed by atoms with Crippen LogP contribution < -0.4 is 5.32 Å². The Morgan fingerprint density at radius 3 is 2.33 bits per heavy atom. The lowest BCUT2D eigenvalue weighted by Crippen LogP contribution is -2.64. The Balaban J connectivity index is 2.11. The smallest absolute Gasteiger partial charge is 0.270 e. The van der Waals surface area contributed by atoms with Gasteiger partial charge in [0.1, 0.15) is 0 Å². The van der Waals surface area contributed by atoms with Crippen molar-refractivity contribution in [3.8, 4) is 0 Å². The van der Waals surface area contributed by atoms with Crippen molar-refractivity contribution in [3.63, 3.8) is 0 Å². The summed E-state index contributed by atoms with van der Waals surface area (Å²) in [5.41, 5.74) is 2.13. The molecule has 1 unspecified atom stereocenters. The molecule has 1 saturated heterocycles. The lowest BCUT2D eigenvalue weighted by molar-refractivity contribution is -0.141. The van der Waals surface area contributed by atoms with Gasteiger partial charge in [0.05, 0.1) is 17.6 Å². The number of carbonyl (C=O) groups excluding carboxylic acids is 1. The van der Waals surface area contributed by atoms with Crippen LogP contribution in [0.15, 0.2) is 48.5 Å². The van der Waals surface area contributed by atoms with E-state index in [1.807, 2.05) is 39.0 Å². The van der Waals surface area contributed by atoms with Crippen LogP contribution in [-0.2, 0) is 16.3 Å². The number of rotatable bonds is 3. The van der Waals surface area contributed by atoms with Crippen molar-refractivity contribution in [1.29, 1.82) is 0 Å². The molecule has 1 aliphatic rings. The average molecular weight is 372 g/mol. The van der Waals surface area contributed by atoms with Crippen molar-refractivity contribution in [2.45, 2.75) is 51.2 Å². The average Bonchev–Trinajstić information content (AvgIpc) is 2.59. The molecule has 1 amide bonds. The Bertz CT molecular complexity index is 844. The summed E-state index contributed by atoms with van der Waals surface area (Å²) in [6, 6.07) is 14.2. The van der Waals surface area contributed by atoms with Crippen LogP contribution in [0.4, 0.5) is 8.78 Å². The molecular weight excluding hydrogens is 346 g/mol. The molecule has 27 heavy (non-hydrogen) atoms. The molecule has 3 nitrogen and oxygen atoms in total. The third-order valence-corrected chi connectivity index (χ3v) is 5.63. The molecule has 0 spiro atoms. The maximum Gasteiger partial charge on any atom is 0.270 e. The first kappa shape index (κ1) is 19.5. The van der Waals surface area contributed by atoms with Crippen molar-refractivity contribution < 1.29 is 13.6 Å². The third kappa shape index (κ3) is 3.48. The first-order valence-corrected chi connectivity index (χ1v) is 9.14. The van der Waals surface area contributed by atoms with Gasteiger partial charge >= 0.3 is 0 Å². The molecule has 2 aromatic carbocycles. The fraction of sp³-hybridized carbons (Fsp3) is 0.409. The van der Waals surface area contributed by atoms with E-state index in [9.17, 15) is 13.6 Å². The molecule has 1 aliphatic heterocycles. The van der Waals surface area contributed by atoms with Crippen LogP contribution in [0, 0.1) is 6.92 Å². The van der Waals surface area contributed by atoms with E-state index in [0.29, 0.717) is 0 Å². The number of benzene rings is 2. The highest BCUT2D eigenvalue weighted by atomic mass is 19.3. The van der Waals surface area contributed by atoms with Crippen LogP contribution in [0.25, 0.3) is 0 Å². The van der Waals surface area contributed by atoms with E-state index in [1.165, 1.54) is 12.1 Å². The maximum atomic E-state index is 13.6. The Hall–Kier alpha value is -2.27. The number of carbonyl (C=O) groups is 1. The van der Waals surface area contributed by atoms with Crippen molar-refractivity contribution in [2.75, 3.05) is 7.05 Å². The van der Waals surface area contributed by atoms with E-state index in [0.717, 1.165) is 23.6 Å². The molecule has 0 saturated carbocycles. The van der Waals surface area contributed by atoms with Gasteiger partial charge < -0.3 is 4.90 Å². The summed E-state index contributed by atoms with van der Waals surface area (Å²) in [4.78, 5) is 14.9. The van der Waals surface area contributed by atoms with Gasteiger partial charge in [0.25, 0.3) is 5.92 Å². The number of aryl methyl sites for hydroxylation is 1. The summed E-state index contributed by atoms with van der Waals surface area (Å²) < 4.78 is 27.2. The van der Waals surface area contributed by atoms with Gasteiger partial charge in [-0.1, -0.05) is 54.1 Å². The Kier molecular flexibility index (Phi) is 4.85. The Labute approximate surface area is 159 Å². The predicted molar refractivity (Wildman–Crippen MR) is 103 cm³/mol. The van der Waals surface area contributed by atoms with Crippen LogP contribution in [0.2, 0.25) is 0 Å². The highest BCUT2D eigenvalue weighted by Crippen LogP contribution is 2.42. The first-order valence-electron chi connectivity index (χ1n) is 9.14. The second kappa shape index (κ2) is 6.71. The standard InChI is InChI=1S/C22H26F2N2O/c1-14-7-6-8-18(13-14)21(3)19(20(27)26(5)15(2)25-21)16-9-11-17(12-10-16)22(4,23)24/h6-13,15,19,25H,1-5H3/t15?,19-,21+/m0/s1. The minimum atomic E-state index is -2.90. The van der Waals surface area contributed by atoms with Crippen LogP contribution in [0.1, 0.15) is 48.9 Å². The van der Waals surface area contributed by atoms with Crippen LogP contribution in [-0.4, -0.2) is 24.0 Å². The zero-order valence-electron chi connectivity index (χ0n) is 16.4. The molecule has 0 aliphatic carbocycles. The van der Waals surface area contributed by atoms with Gasteiger partial charge in [0, 0.05) is 19.5 Å². The van der Waals surface area contributed by atoms with Crippen LogP contribution in [0.5, 0.6) is 0 Å². The lowest BCUT2D eigenvalue weighted by atomic mass is 9.72. The molecule has 5 heteroatoms. The molecule has 2 aromatic rings. The number of hydrogen-bond acceptors (Lipinski definition) is 2. The predicted octanol–water partition coefficient (Wildman–Crippen LogP) is 4.51. The van der Waals surface area contributed by atoms with E-state index < -0.39 is 17.4 Å². The molecule has 3 atom stereocenters. The lowest BCUT2D eigenvalue weighted by Gasteiger charge is -2.49. The van der Waals surface area contributed by atoms with Gasteiger partial charge in [-0.2, -0.15) is 0 Å². The molecule has 0 bridgehead atoms. The van der Waals surface area contributed by atoms with Crippen molar-refractivity contribution >= 4 is 5.91 Å². The fourth-order valence-electron chi connectivity index (χ4n) is 3.92.